The molecule has 1 rings (SSSR count). The van der Waals surface area contributed by atoms with Crippen LogP contribution in [0.1, 0.15) is 0 Å². The molecule has 0 saturated carbocycles. The highest BCUT2D eigenvalue weighted by atomic mass is 79.9. The van der Waals surface area contributed by atoms with Crippen LogP contribution in [0.5, 0.6) is 0 Å². The fourth-order valence-electron chi connectivity index (χ4n) is 0.897. The van der Waals surface area contributed by atoms with Gasteiger partial charge in [-0.25, -0.2) is 0 Å². The molecule has 1 atom stereocenters. The van der Waals surface area contributed by atoms with E-state index in [1.165, 1.54) is 0 Å². The normalized spacial score (nSPS) is 13.8. The number of anilines is 1. The molecule has 2 nitrogen and oxygen atoms in total. The lowest BCUT2D eigenvalue weighted by atomic mass is 10.3. The minimum atomic E-state index is -4.58. The molecule has 0 aliphatic rings. The predicted molar refractivity (Wildman–Crippen MR) is 61.3 cm³/mol. The maximum Gasteiger partial charge on any atom is 0.415 e. The second kappa shape index (κ2) is 5.29. The SMILES string of the molecule is Nc1ccc(SCC(O)C(F)(F)F)c(Br)c1. The quantitative estimate of drug-likeness (QED) is 0.665. The van der Waals surface area contributed by atoms with Gasteiger partial charge in [0, 0.05) is 20.8 Å². The Kier molecular flexibility index (Phi) is 4.52. The summed E-state index contributed by atoms with van der Waals surface area (Å²) in [5.74, 6) is -0.438. The zero-order chi connectivity index (χ0) is 12.3. The van der Waals surface area contributed by atoms with E-state index in [4.69, 9.17) is 10.8 Å². The van der Waals surface area contributed by atoms with E-state index in [1.54, 1.807) is 18.2 Å². The van der Waals surface area contributed by atoms with E-state index in [-0.39, 0.29) is 0 Å². The Morgan fingerprint density at radius 3 is 2.56 bits per heavy atom. The molecule has 0 spiro atoms. The number of aliphatic hydroxyl groups excluding tert-OH is 1. The molecule has 1 aromatic carbocycles. The minimum Gasteiger partial charge on any atom is -0.399 e. The Morgan fingerprint density at radius 2 is 2.06 bits per heavy atom. The molecule has 3 N–H and O–H groups in total. The van der Waals surface area contributed by atoms with Crippen molar-refractivity contribution >= 4 is 33.4 Å². The first-order chi connectivity index (χ1) is 7.30. The van der Waals surface area contributed by atoms with Gasteiger partial charge in [-0.1, -0.05) is 0 Å². The average molecular weight is 316 g/mol. The Hall–Kier alpha value is -0.400. The summed E-state index contributed by atoms with van der Waals surface area (Å²) in [5, 5.41) is 8.81. The number of hydrogen-bond donors (Lipinski definition) is 2. The first-order valence-corrected chi connectivity index (χ1v) is 6.01. The molecule has 1 aromatic rings. The van der Waals surface area contributed by atoms with Crippen molar-refractivity contribution in [3.8, 4) is 0 Å². The number of nitrogen functional groups attached to an aromatic ring is 1. The van der Waals surface area contributed by atoms with Gasteiger partial charge >= 0.3 is 6.18 Å². The van der Waals surface area contributed by atoms with Crippen LogP contribution in [0.25, 0.3) is 0 Å². The second-order valence-electron chi connectivity index (χ2n) is 3.06. The van der Waals surface area contributed by atoms with Crippen molar-refractivity contribution in [1.29, 1.82) is 0 Å². The van der Waals surface area contributed by atoms with Crippen LogP contribution in [0.15, 0.2) is 27.6 Å². The summed E-state index contributed by atoms with van der Waals surface area (Å²) < 4.78 is 36.7. The number of benzene rings is 1. The van der Waals surface area contributed by atoms with Gasteiger partial charge in [-0.15, -0.1) is 11.8 Å². The standard InChI is InChI=1S/C9H9BrF3NOS/c10-6-3-5(14)1-2-7(6)16-4-8(15)9(11,12)13/h1-3,8,15H,4,14H2. The van der Waals surface area contributed by atoms with Crippen molar-refractivity contribution in [2.45, 2.75) is 17.2 Å². The second-order valence-corrected chi connectivity index (χ2v) is 4.97. The molecule has 1 unspecified atom stereocenters. The molecule has 0 aliphatic carbocycles. The summed E-state index contributed by atoms with van der Waals surface area (Å²) in [5.41, 5.74) is 6.00. The maximum atomic E-state index is 12.0. The lowest BCUT2D eigenvalue weighted by Gasteiger charge is -2.14. The van der Waals surface area contributed by atoms with Crippen molar-refractivity contribution in [3.05, 3.63) is 22.7 Å². The zero-order valence-corrected chi connectivity index (χ0v) is 10.4. The largest absolute Gasteiger partial charge is 0.415 e. The summed E-state index contributed by atoms with van der Waals surface area (Å²) in [7, 11) is 0. The number of thioether (sulfide) groups is 1. The monoisotopic (exact) mass is 315 g/mol. The van der Waals surface area contributed by atoms with Gasteiger partial charge in [-0.05, 0) is 34.1 Å². The third-order valence-corrected chi connectivity index (χ3v) is 3.80. The lowest BCUT2D eigenvalue weighted by molar-refractivity contribution is -0.195. The average Bonchev–Trinajstić information content (AvgIpc) is 2.14. The van der Waals surface area contributed by atoms with E-state index < -0.39 is 18.0 Å². The molecule has 0 radical (unpaired) electrons. The fraction of sp³-hybridized carbons (Fsp3) is 0.333. The third kappa shape index (κ3) is 3.88. The van der Waals surface area contributed by atoms with Gasteiger partial charge in [0.1, 0.15) is 0 Å². The molecular weight excluding hydrogens is 307 g/mol. The van der Waals surface area contributed by atoms with Crippen LogP contribution in [0.4, 0.5) is 18.9 Å². The summed E-state index contributed by atoms with van der Waals surface area (Å²) in [6, 6.07) is 4.79. The molecule has 90 valence electrons. The summed E-state index contributed by atoms with van der Waals surface area (Å²) >= 11 is 4.10. The number of hydrogen-bond acceptors (Lipinski definition) is 3. The summed E-state index contributed by atoms with van der Waals surface area (Å²) in [4.78, 5) is 0.609. The van der Waals surface area contributed by atoms with Crippen molar-refractivity contribution in [2.75, 3.05) is 11.5 Å². The van der Waals surface area contributed by atoms with Crippen LogP contribution in [0.2, 0.25) is 0 Å². The maximum absolute atomic E-state index is 12.0. The topological polar surface area (TPSA) is 46.2 Å². The number of nitrogens with two attached hydrogens (primary N) is 1. The van der Waals surface area contributed by atoms with E-state index in [9.17, 15) is 13.2 Å². The van der Waals surface area contributed by atoms with Crippen LogP contribution >= 0.6 is 27.7 Å². The highest BCUT2D eigenvalue weighted by Crippen LogP contribution is 2.32. The number of alkyl halides is 3. The smallest absolute Gasteiger partial charge is 0.399 e. The van der Waals surface area contributed by atoms with Gasteiger partial charge < -0.3 is 10.8 Å². The lowest BCUT2D eigenvalue weighted by Crippen LogP contribution is -2.30. The van der Waals surface area contributed by atoms with E-state index in [1.807, 2.05) is 0 Å². The molecule has 16 heavy (non-hydrogen) atoms. The van der Waals surface area contributed by atoms with Crippen LogP contribution in [-0.4, -0.2) is 23.1 Å². The number of rotatable bonds is 3. The zero-order valence-electron chi connectivity index (χ0n) is 7.96. The van der Waals surface area contributed by atoms with Crippen molar-refractivity contribution in [3.63, 3.8) is 0 Å². The van der Waals surface area contributed by atoms with Crippen LogP contribution in [0.3, 0.4) is 0 Å². The third-order valence-electron chi connectivity index (χ3n) is 1.73. The van der Waals surface area contributed by atoms with Gasteiger partial charge in [0.05, 0.1) is 0 Å². The molecule has 0 aromatic heterocycles. The Bertz CT molecular complexity index is 372. The van der Waals surface area contributed by atoms with Gasteiger partial charge in [-0.2, -0.15) is 13.2 Å². The molecule has 0 fully saturated rings. The molecule has 0 heterocycles. The van der Waals surface area contributed by atoms with E-state index in [2.05, 4.69) is 15.9 Å². The highest BCUT2D eigenvalue weighted by Gasteiger charge is 2.37. The molecular formula is C9H9BrF3NOS. The first-order valence-electron chi connectivity index (χ1n) is 4.23. The van der Waals surface area contributed by atoms with Gasteiger partial charge in [0.2, 0.25) is 0 Å². The van der Waals surface area contributed by atoms with Crippen molar-refractivity contribution in [2.24, 2.45) is 0 Å². The summed E-state index contributed by atoms with van der Waals surface area (Å²) in [6.07, 6.45) is -6.89. The molecule has 0 bridgehead atoms. The molecule has 7 heteroatoms. The van der Waals surface area contributed by atoms with Crippen LogP contribution in [-0.2, 0) is 0 Å². The minimum absolute atomic E-state index is 0.438. The number of aliphatic hydroxyl groups is 1. The first kappa shape index (κ1) is 13.7. The van der Waals surface area contributed by atoms with Crippen LogP contribution in [0, 0.1) is 0 Å². The van der Waals surface area contributed by atoms with Gasteiger partial charge in [0.25, 0.3) is 0 Å². The van der Waals surface area contributed by atoms with E-state index >= 15 is 0 Å². The van der Waals surface area contributed by atoms with E-state index in [0.717, 1.165) is 11.8 Å². The van der Waals surface area contributed by atoms with Crippen molar-refractivity contribution in [1.82, 2.24) is 0 Å². The van der Waals surface area contributed by atoms with Crippen LogP contribution < -0.4 is 5.73 Å². The molecule has 0 amide bonds. The number of halogens is 4. The van der Waals surface area contributed by atoms with Gasteiger partial charge in [0.15, 0.2) is 6.10 Å². The fourth-order valence-corrected chi connectivity index (χ4v) is 2.52. The van der Waals surface area contributed by atoms with E-state index in [0.29, 0.717) is 15.1 Å². The molecule has 0 saturated heterocycles. The summed E-state index contributed by atoms with van der Waals surface area (Å²) in [6.45, 7) is 0. The Balaban J connectivity index is 2.62. The Labute approximate surface area is 103 Å². The van der Waals surface area contributed by atoms with Crippen molar-refractivity contribution < 1.29 is 18.3 Å². The molecule has 0 aliphatic heterocycles. The Morgan fingerprint density at radius 1 is 1.44 bits per heavy atom. The highest BCUT2D eigenvalue weighted by molar-refractivity contribution is 9.10. The predicted octanol–water partition coefficient (Wildman–Crippen LogP) is 3.05. The van der Waals surface area contributed by atoms with Gasteiger partial charge in [-0.3, -0.25) is 0 Å².